The van der Waals surface area contributed by atoms with Gasteiger partial charge in [-0.2, -0.15) is 8.78 Å². The van der Waals surface area contributed by atoms with Crippen LogP contribution in [0, 0.1) is 0 Å². The lowest BCUT2D eigenvalue weighted by atomic mass is 10.1. The Morgan fingerprint density at radius 1 is 1.43 bits per heavy atom. The van der Waals surface area contributed by atoms with E-state index in [0.717, 1.165) is 24.0 Å². The zero-order valence-corrected chi connectivity index (χ0v) is 7.54. The third-order valence-electron chi connectivity index (χ3n) is 2.46. The predicted octanol–water partition coefficient (Wildman–Crippen LogP) is 2.23. The zero-order chi connectivity index (χ0) is 10.1. The summed E-state index contributed by atoms with van der Waals surface area (Å²) in [6.45, 7) is -2.76. The van der Waals surface area contributed by atoms with E-state index in [1.165, 1.54) is 6.07 Å². The molecule has 0 aliphatic heterocycles. The van der Waals surface area contributed by atoms with E-state index < -0.39 is 6.61 Å². The number of hydrogen-bond acceptors (Lipinski definition) is 2. The molecule has 0 fully saturated rings. The van der Waals surface area contributed by atoms with Crippen molar-refractivity contribution in [3.63, 3.8) is 0 Å². The largest absolute Gasteiger partial charge is 0.435 e. The first-order valence-electron chi connectivity index (χ1n) is 4.50. The van der Waals surface area contributed by atoms with E-state index in [4.69, 9.17) is 5.73 Å². The van der Waals surface area contributed by atoms with Crippen LogP contribution in [0.15, 0.2) is 18.2 Å². The maximum atomic E-state index is 11.9. The minimum atomic E-state index is -2.76. The summed E-state index contributed by atoms with van der Waals surface area (Å²) in [5, 5.41) is 0. The molecule has 0 saturated heterocycles. The molecule has 0 heterocycles. The topological polar surface area (TPSA) is 35.2 Å². The Balaban J connectivity index is 2.24. The standard InChI is InChI=1S/C10H11F2NO/c11-10(12)14-7-2-3-8-6(5-7)1-4-9(8)13/h2-3,5,9-10H,1,4,13H2/t9-/m0/s1. The number of nitrogens with two attached hydrogens (primary N) is 1. The number of fused-ring (bicyclic) bond motifs is 1. The molecule has 1 aromatic carbocycles. The van der Waals surface area contributed by atoms with E-state index >= 15 is 0 Å². The molecule has 76 valence electrons. The molecular formula is C10H11F2NO. The smallest absolute Gasteiger partial charge is 0.387 e. The number of ether oxygens (including phenoxy) is 1. The average Bonchev–Trinajstić information content (AvgIpc) is 2.46. The van der Waals surface area contributed by atoms with E-state index in [0.29, 0.717) is 0 Å². The van der Waals surface area contributed by atoms with Gasteiger partial charge in [-0.15, -0.1) is 0 Å². The molecule has 1 aromatic rings. The third-order valence-corrected chi connectivity index (χ3v) is 2.46. The fourth-order valence-electron chi connectivity index (χ4n) is 1.80. The maximum absolute atomic E-state index is 11.9. The zero-order valence-electron chi connectivity index (χ0n) is 7.54. The average molecular weight is 199 g/mol. The molecule has 0 amide bonds. The lowest BCUT2D eigenvalue weighted by Crippen LogP contribution is -2.05. The summed E-state index contributed by atoms with van der Waals surface area (Å²) in [5.74, 6) is 0.216. The minimum Gasteiger partial charge on any atom is -0.435 e. The van der Waals surface area contributed by atoms with Gasteiger partial charge >= 0.3 is 6.61 Å². The molecule has 1 aliphatic carbocycles. The minimum absolute atomic E-state index is 0.0469. The summed E-state index contributed by atoms with van der Waals surface area (Å²) in [5.41, 5.74) is 7.88. The van der Waals surface area contributed by atoms with E-state index in [1.54, 1.807) is 12.1 Å². The Kier molecular flexibility index (Phi) is 2.37. The molecule has 0 spiro atoms. The van der Waals surface area contributed by atoms with E-state index in [2.05, 4.69) is 4.74 Å². The normalized spacial score (nSPS) is 19.9. The van der Waals surface area contributed by atoms with Crippen LogP contribution in [0.1, 0.15) is 23.6 Å². The molecular weight excluding hydrogens is 188 g/mol. The number of halogens is 2. The molecule has 0 saturated carbocycles. The summed E-state index contributed by atoms with van der Waals surface area (Å²) in [7, 11) is 0. The van der Waals surface area contributed by atoms with E-state index in [9.17, 15) is 8.78 Å². The molecule has 0 unspecified atom stereocenters. The van der Waals surface area contributed by atoms with Crippen LogP contribution in [0.25, 0.3) is 0 Å². The fraction of sp³-hybridized carbons (Fsp3) is 0.400. The fourth-order valence-corrected chi connectivity index (χ4v) is 1.80. The van der Waals surface area contributed by atoms with Crippen molar-refractivity contribution >= 4 is 0 Å². The first-order chi connectivity index (χ1) is 6.66. The molecule has 0 bridgehead atoms. The van der Waals surface area contributed by atoms with Crippen LogP contribution >= 0.6 is 0 Å². The van der Waals surface area contributed by atoms with E-state index in [-0.39, 0.29) is 11.8 Å². The molecule has 1 aliphatic rings. The number of benzene rings is 1. The first-order valence-corrected chi connectivity index (χ1v) is 4.50. The van der Waals surface area contributed by atoms with E-state index in [1.807, 2.05) is 0 Å². The lowest BCUT2D eigenvalue weighted by molar-refractivity contribution is -0.0498. The number of rotatable bonds is 2. The van der Waals surface area contributed by atoms with Crippen molar-refractivity contribution in [3.05, 3.63) is 29.3 Å². The molecule has 0 aromatic heterocycles. The molecule has 14 heavy (non-hydrogen) atoms. The first kappa shape index (κ1) is 9.40. The van der Waals surface area contributed by atoms with Gasteiger partial charge in [0, 0.05) is 6.04 Å². The van der Waals surface area contributed by atoms with Crippen LogP contribution in [0.4, 0.5) is 8.78 Å². The van der Waals surface area contributed by atoms with Crippen LogP contribution in [0.3, 0.4) is 0 Å². The highest BCUT2D eigenvalue weighted by Crippen LogP contribution is 2.32. The lowest BCUT2D eigenvalue weighted by Gasteiger charge is -2.07. The Bertz CT molecular complexity index is 341. The van der Waals surface area contributed by atoms with Gasteiger partial charge in [-0.25, -0.2) is 0 Å². The molecule has 2 nitrogen and oxygen atoms in total. The second-order valence-electron chi connectivity index (χ2n) is 3.38. The van der Waals surface area contributed by atoms with Crippen LogP contribution in [0.5, 0.6) is 5.75 Å². The second kappa shape index (κ2) is 3.53. The SMILES string of the molecule is N[C@H]1CCc2cc(OC(F)F)ccc21. The Morgan fingerprint density at radius 2 is 2.21 bits per heavy atom. The van der Waals surface area contributed by atoms with Crippen molar-refractivity contribution < 1.29 is 13.5 Å². The quantitative estimate of drug-likeness (QED) is 0.792. The Morgan fingerprint density at radius 3 is 2.93 bits per heavy atom. The van der Waals surface area contributed by atoms with Crippen molar-refractivity contribution in [2.75, 3.05) is 0 Å². The van der Waals surface area contributed by atoms with Crippen LogP contribution in [-0.4, -0.2) is 6.61 Å². The summed E-state index contributed by atoms with van der Waals surface area (Å²) >= 11 is 0. The monoisotopic (exact) mass is 199 g/mol. The van der Waals surface area contributed by atoms with Gasteiger partial charge in [0.25, 0.3) is 0 Å². The number of hydrogen-bond donors (Lipinski definition) is 1. The summed E-state index contributed by atoms with van der Waals surface area (Å²) in [6, 6.07) is 5.00. The van der Waals surface area contributed by atoms with Gasteiger partial charge < -0.3 is 10.5 Å². The van der Waals surface area contributed by atoms with Crippen molar-refractivity contribution in [1.29, 1.82) is 0 Å². The highest BCUT2D eigenvalue weighted by Gasteiger charge is 2.19. The highest BCUT2D eigenvalue weighted by molar-refractivity contribution is 5.40. The van der Waals surface area contributed by atoms with Crippen molar-refractivity contribution in [2.24, 2.45) is 5.73 Å². The summed E-state index contributed by atoms with van der Waals surface area (Å²) in [4.78, 5) is 0. The van der Waals surface area contributed by atoms with Gasteiger partial charge in [0.15, 0.2) is 0 Å². The van der Waals surface area contributed by atoms with Crippen LogP contribution < -0.4 is 10.5 Å². The molecule has 2 rings (SSSR count). The van der Waals surface area contributed by atoms with Gasteiger partial charge in [0.1, 0.15) is 5.75 Å². The van der Waals surface area contributed by atoms with Gasteiger partial charge in [0.2, 0.25) is 0 Å². The highest BCUT2D eigenvalue weighted by atomic mass is 19.3. The van der Waals surface area contributed by atoms with Crippen LogP contribution in [-0.2, 0) is 6.42 Å². The molecule has 4 heteroatoms. The number of alkyl halides is 2. The second-order valence-corrected chi connectivity index (χ2v) is 3.38. The van der Waals surface area contributed by atoms with Crippen molar-refractivity contribution in [1.82, 2.24) is 0 Å². The summed E-state index contributed by atoms with van der Waals surface area (Å²) < 4.78 is 28.1. The molecule has 0 radical (unpaired) electrons. The molecule has 1 atom stereocenters. The Labute approximate surface area is 80.7 Å². The van der Waals surface area contributed by atoms with Crippen molar-refractivity contribution in [3.8, 4) is 5.75 Å². The predicted molar refractivity (Wildman–Crippen MR) is 48.3 cm³/mol. The summed E-state index contributed by atoms with van der Waals surface area (Å²) in [6.07, 6.45) is 1.73. The van der Waals surface area contributed by atoms with Crippen LogP contribution in [0.2, 0.25) is 0 Å². The maximum Gasteiger partial charge on any atom is 0.387 e. The van der Waals surface area contributed by atoms with Gasteiger partial charge in [-0.05, 0) is 36.1 Å². The van der Waals surface area contributed by atoms with Gasteiger partial charge in [0.05, 0.1) is 0 Å². The van der Waals surface area contributed by atoms with Crippen molar-refractivity contribution in [2.45, 2.75) is 25.5 Å². The molecule has 2 N–H and O–H groups in total. The van der Waals surface area contributed by atoms with Gasteiger partial charge in [-0.3, -0.25) is 0 Å². The number of aryl methyl sites for hydroxylation is 1. The Hall–Kier alpha value is -1.16. The third kappa shape index (κ3) is 1.70. The van der Waals surface area contributed by atoms with Gasteiger partial charge in [-0.1, -0.05) is 6.07 Å².